The first-order valence-electron chi connectivity index (χ1n) is 13.6. The molecule has 0 unspecified atom stereocenters. The number of anilines is 1. The Balaban J connectivity index is 1.14. The van der Waals surface area contributed by atoms with Crippen molar-refractivity contribution in [2.45, 2.75) is 38.5 Å². The molecule has 5 heterocycles. The van der Waals surface area contributed by atoms with E-state index < -0.39 is 5.82 Å². The topological polar surface area (TPSA) is 111 Å². The van der Waals surface area contributed by atoms with E-state index in [2.05, 4.69) is 48.4 Å². The Labute approximate surface area is 235 Å². The number of aromatic nitrogens is 6. The highest BCUT2D eigenvalue weighted by Gasteiger charge is 2.34. The first kappa shape index (κ1) is 25.2. The number of nitrogens with two attached hydrogens (primary N) is 1. The van der Waals surface area contributed by atoms with Crippen LogP contribution in [-0.4, -0.2) is 64.6 Å². The minimum atomic E-state index is -0.631. The molecule has 206 valence electrons. The van der Waals surface area contributed by atoms with Crippen molar-refractivity contribution in [1.29, 1.82) is 0 Å². The highest BCUT2D eigenvalue weighted by atomic mass is 19.1. The normalized spacial score (nSPS) is 15.1. The lowest BCUT2D eigenvalue weighted by Gasteiger charge is -2.23. The number of carbonyl (C=O) groups excluding carboxylic acids is 1. The van der Waals surface area contributed by atoms with Crippen molar-refractivity contribution in [3.05, 3.63) is 77.0 Å². The number of pyridine rings is 2. The summed E-state index contributed by atoms with van der Waals surface area (Å²) in [4.78, 5) is 31.1. The highest BCUT2D eigenvalue weighted by molar-refractivity contribution is 6.10. The minimum Gasteiger partial charge on any atom is -0.383 e. The van der Waals surface area contributed by atoms with Crippen LogP contribution in [0.25, 0.3) is 21.8 Å². The maximum atomic E-state index is 15.3. The molecule has 0 bridgehead atoms. The number of halogens is 1. The lowest BCUT2D eigenvalue weighted by molar-refractivity contribution is 0.0723. The number of aryl methyl sites for hydroxylation is 1. The van der Waals surface area contributed by atoms with E-state index in [0.717, 1.165) is 49.6 Å². The molecule has 4 aromatic heterocycles. The van der Waals surface area contributed by atoms with E-state index in [9.17, 15) is 4.79 Å². The van der Waals surface area contributed by atoms with Crippen LogP contribution in [0.3, 0.4) is 0 Å². The Bertz CT molecular complexity index is 1890. The third-order valence-electron chi connectivity index (χ3n) is 7.82. The lowest BCUT2D eigenvalue weighted by Crippen LogP contribution is -2.33. The van der Waals surface area contributed by atoms with Crippen molar-refractivity contribution >= 4 is 33.5 Å². The van der Waals surface area contributed by atoms with Gasteiger partial charge in [0, 0.05) is 49.4 Å². The summed E-state index contributed by atoms with van der Waals surface area (Å²) in [6.07, 6.45) is 6.91. The molecule has 0 spiro atoms. The fraction of sp³-hybridized carbons (Fsp3) is 0.300. The van der Waals surface area contributed by atoms with Crippen molar-refractivity contribution in [2.24, 2.45) is 7.05 Å². The first-order chi connectivity index (χ1) is 19.9. The van der Waals surface area contributed by atoms with Crippen LogP contribution in [0, 0.1) is 17.7 Å². The van der Waals surface area contributed by atoms with Crippen LogP contribution in [0.5, 0.6) is 0 Å². The van der Waals surface area contributed by atoms with Gasteiger partial charge in [0.15, 0.2) is 0 Å². The molecular weight excluding hydrogens is 521 g/mol. The molecule has 11 heteroatoms. The SMILES string of the molecule is CN1CCn2c(C#Cc3ccc(CN(C(=O)c4cc5c(cc4F)nc(N)c4cnn(C)c45)C4CC4)nc3)cnc2C1. The standard InChI is InChI=1S/C30H28FN9O/c1-37-9-10-39-21(14-34-27(39)17-37)6-4-18-3-5-19(33-13-18)16-40(20-7-8-20)30(41)22-11-23-26(12-25(22)31)36-29(32)24-15-35-38(2)28(23)24/h3,5,11-15,20H,7-10,16-17H2,1-2H3,(H2,32,36). The average Bonchev–Trinajstić information content (AvgIpc) is 3.61. The molecule has 41 heavy (non-hydrogen) atoms. The maximum absolute atomic E-state index is 15.3. The molecule has 1 aliphatic heterocycles. The molecule has 5 aromatic rings. The van der Waals surface area contributed by atoms with Gasteiger partial charge in [-0.1, -0.05) is 5.92 Å². The van der Waals surface area contributed by atoms with E-state index in [4.69, 9.17) is 5.73 Å². The molecule has 1 saturated carbocycles. The van der Waals surface area contributed by atoms with Crippen LogP contribution in [-0.2, 0) is 26.7 Å². The lowest BCUT2D eigenvalue weighted by atomic mass is 10.1. The van der Waals surface area contributed by atoms with Crippen molar-refractivity contribution < 1.29 is 9.18 Å². The van der Waals surface area contributed by atoms with Crippen LogP contribution >= 0.6 is 0 Å². The predicted octanol–water partition coefficient (Wildman–Crippen LogP) is 3.08. The second kappa shape index (κ2) is 9.67. The average molecular weight is 550 g/mol. The first-order valence-corrected chi connectivity index (χ1v) is 13.6. The molecule has 1 aliphatic carbocycles. The number of imidazole rings is 1. The van der Waals surface area contributed by atoms with Gasteiger partial charge in [0.1, 0.15) is 23.2 Å². The Kier molecular flexibility index (Phi) is 5.94. The van der Waals surface area contributed by atoms with Crippen LogP contribution in [0.2, 0.25) is 0 Å². The van der Waals surface area contributed by atoms with Gasteiger partial charge >= 0.3 is 0 Å². The number of amides is 1. The monoisotopic (exact) mass is 549 g/mol. The molecule has 1 fully saturated rings. The Hall–Kier alpha value is -4.82. The van der Waals surface area contributed by atoms with Gasteiger partial charge in [0.25, 0.3) is 5.91 Å². The maximum Gasteiger partial charge on any atom is 0.257 e. The molecule has 0 saturated heterocycles. The van der Waals surface area contributed by atoms with Gasteiger partial charge in [-0.15, -0.1) is 0 Å². The van der Waals surface area contributed by atoms with E-state index in [1.165, 1.54) is 6.07 Å². The summed E-state index contributed by atoms with van der Waals surface area (Å²) >= 11 is 0. The number of rotatable bonds is 4. The number of carbonyl (C=O) groups is 1. The quantitative estimate of drug-likeness (QED) is 0.343. The smallest absolute Gasteiger partial charge is 0.257 e. The number of nitrogen functional groups attached to an aromatic ring is 1. The Morgan fingerprint density at radius 3 is 2.73 bits per heavy atom. The molecular formula is C30H28FN9O. The highest BCUT2D eigenvalue weighted by Crippen LogP contribution is 2.33. The van der Waals surface area contributed by atoms with E-state index >= 15 is 4.39 Å². The summed E-state index contributed by atoms with van der Waals surface area (Å²) in [6.45, 7) is 2.93. The van der Waals surface area contributed by atoms with Crippen molar-refractivity contribution in [3.63, 3.8) is 0 Å². The molecule has 2 N–H and O–H groups in total. The third-order valence-corrected chi connectivity index (χ3v) is 7.82. The number of hydrogen-bond donors (Lipinski definition) is 1. The molecule has 1 amide bonds. The zero-order valence-electron chi connectivity index (χ0n) is 22.8. The Morgan fingerprint density at radius 1 is 1.10 bits per heavy atom. The van der Waals surface area contributed by atoms with Crippen molar-refractivity contribution in [3.8, 4) is 11.8 Å². The second-order valence-corrected chi connectivity index (χ2v) is 10.8. The van der Waals surface area contributed by atoms with E-state index in [1.807, 2.05) is 18.3 Å². The molecule has 0 radical (unpaired) electrons. The Morgan fingerprint density at radius 2 is 1.95 bits per heavy atom. The van der Waals surface area contributed by atoms with Gasteiger partial charge in [-0.3, -0.25) is 19.4 Å². The molecule has 0 atom stereocenters. The fourth-order valence-corrected chi connectivity index (χ4v) is 5.43. The fourth-order valence-electron chi connectivity index (χ4n) is 5.43. The summed E-state index contributed by atoms with van der Waals surface area (Å²) in [6, 6.07) is 6.66. The van der Waals surface area contributed by atoms with E-state index in [0.29, 0.717) is 27.5 Å². The van der Waals surface area contributed by atoms with E-state index in [1.54, 1.807) is 35.1 Å². The van der Waals surface area contributed by atoms with Crippen molar-refractivity contribution in [1.82, 2.24) is 39.1 Å². The molecule has 7 rings (SSSR count). The number of fused-ring (bicyclic) bond motifs is 4. The van der Waals surface area contributed by atoms with Gasteiger partial charge in [0.2, 0.25) is 0 Å². The predicted molar refractivity (Wildman–Crippen MR) is 152 cm³/mol. The molecule has 10 nitrogen and oxygen atoms in total. The van der Waals surface area contributed by atoms with Gasteiger partial charge in [-0.2, -0.15) is 5.10 Å². The number of hydrogen-bond acceptors (Lipinski definition) is 7. The largest absolute Gasteiger partial charge is 0.383 e. The van der Waals surface area contributed by atoms with E-state index in [-0.39, 0.29) is 29.9 Å². The summed E-state index contributed by atoms with van der Waals surface area (Å²) in [5.74, 6) is 6.69. The summed E-state index contributed by atoms with van der Waals surface area (Å²) < 4.78 is 19.1. The minimum absolute atomic E-state index is 0.00343. The zero-order valence-corrected chi connectivity index (χ0v) is 22.8. The summed E-state index contributed by atoms with van der Waals surface area (Å²) in [7, 11) is 3.87. The number of likely N-dealkylation sites (N-methyl/N-ethyl adjacent to an activating group) is 1. The molecule has 1 aromatic carbocycles. The summed E-state index contributed by atoms with van der Waals surface area (Å²) in [5.41, 5.74) is 9.53. The third kappa shape index (κ3) is 4.56. The molecule has 2 aliphatic rings. The number of benzene rings is 1. The number of nitrogens with zero attached hydrogens (tertiary/aromatic N) is 8. The second-order valence-electron chi connectivity index (χ2n) is 10.8. The van der Waals surface area contributed by atoms with Crippen LogP contribution < -0.4 is 5.73 Å². The van der Waals surface area contributed by atoms with Gasteiger partial charge in [-0.25, -0.2) is 14.4 Å². The van der Waals surface area contributed by atoms with Crippen LogP contribution in [0.15, 0.2) is 42.9 Å². The van der Waals surface area contributed by atoms with Crippen LogP contribution in [0.1, 0.15) is 46.0 Å². The zero-order chi connectivity index (χ0) is 28.2. The van der Waals surface area contributed by atoms with Crippen molar-refractivity contribution in [2.75, 3.05) is 19.3 Å². The van der Waals surface area contributed by atoms with Gasteiger partial charge in [0.05, 0.1) is 53.2 Å². The van der Waals surface area contributed by atoms with Gasteiger partial charge < -0.3 is 15.2 Å². The van der Waals surface area contributed by atoms with Gasteiger partial charge in [-0.05, 0) is 44.0 Å². The van der Waals surface area contributed by atoms with Crippen LogP contribution in [0.4, 0.5) is 10.2 Å². The summed E-state index contributed by atoms with van der Waals surface area (Å²) in [5, 5.41) is 5.56.